The summed E-state index contributed by atoms with van der Waals surface area (Å²) in [6, 6.07) is 10.9. The molecule has 2 aromatic rings. The van der Waals surface area contributed by atoms with Gasteiger partial charge in [0.25, 0.3) is 0 Å². The van der Waals surface area contributed by atoms with Crippen LogP contribution in [0.15, 0.2) is 36.5 Å². The first-order chi connectivity index (χ1) is 13.6. The molecule has 8 heteroatoms. The smallest absolute Gasteiger partial charge is 0.225 e. The van der Waals surface area contributed by atoms with Crippen LogP contribution in [0.3, 0.4) is 0 Å². The van der Waals surface area contributed by atoms with Crippen LogP contribution in [-0.2, 0) is 4.79 Å². The highest BCUT2D eigenvalue weighted by atomic mass is 35.5. The van der Waals surface area contributed by atoms with E-state index in [-0.39, 0.29) is 5.91 Å². The molecule has 0 radical (unpaired) electrons. The molecule has 7 nitrogen and oxygen atoms in total. The van der Waals surface area contributed by atoms with Crippen molar-refractivity contribution in [3.8, 4) is 11.8 Å². The fraction of sp³-hybridized carbons (Fsp3) is 0.350. The Hall–Kier alpha value is -2.82. The van der Waals surface area contributed by atoms with E-state index in [2.05, 4.69) is 26.2 Å². The van der Waals surface area contributed by atoms with E-state index >= 15 is 0 Å². The minimum Gasteiger partial charge on any atom is -0.495 e. The van der Waals surface area contributed by atoms with Gasteiger partial charge in [0.05, 0.1) is 18.4 Å². The van der Waals surface area contributed by atoms with Gasteiger partial charge in [-0.1, -0.05) is 11.6 Å². The zero-order valence-corrected chi connectivity index (χ0v) is 16.4. The van der Waals surface area contributed by atoms with E-state index in [1.54, 1.807) is 43.6 Å². The number of hydrogen-bond donors (Lipinski definition) is 1. The van der Waals surface area contributed by atoms with Gasteiger partial charge in [-0.15, -0.1) is 0 Å². The van der Waals surface area contributed by atoms with Crippen molar-refractivity contribution in [1.82, 2.24) is 9.88 Å². The largest absolute Gasteiger partial charge is 0.495 e. The van der Waals surface area contributed by atoms with Gasteiger partial charge in [-0.2, -0.15) is 5.26 Å². The third kappa shape index (κ3) is 4.91. The van der Waals surface area contributed by atoms with Gasteiger partial charge in [-0.05, 0) is 30.3 Å². The van der Waals surface area contributed by atoms with Crippen LogP contribution in [-0.4, -0.2) is 55.6 Å². The number of hydrogen-bond acceptors (Lipinski definition) is 6. The SMILES string of the molecule is COc1ccc(Cl)cc1NC(=O)CCN1CCN(c2ncccc2C#N)CC1. The molecule has 1 aromatic heterocycles. The molecule has 1 amide bonds. The quantitative estimate of drug-likeness (QED) is 0.804. The molecule has 28 heavy (non-hydrogen) atoms. The number of nitrogens with zero attached hydrogens (tertiary/aromatic N) is 4. The Morgan fingerprint density at radius 3 is 2.82 bits per heavy atom. The molecule has 0 aliphatic carbocycles. The van der Waals surface area contributed by atoms with Crippen LogP contribution in [0, 0.1) is 11.3 Å². The van der Waals surface area contributed by atoms with Gasteiger partial charge < -0.3 is 15.0 Å². The summed E-state index contributed by atoms with van der Waals surface area (Å²) in [5.74, 6) is 1.23. The first kappa shape index (κ1) is 19.9. The van der Waals surface area contributed by atoms with Crippen molar-refractivity contribution in [3.05, 3.63) is 47.1 Å². The summed E-state index contributed by atoms with van der Waals surface area (Å²) >= 11 is 6.00. The van der Waals surface area contributed by atoms with Crippen LogP contribution in [0.1, 0.15) is 12.0 Å². The topological polar surface area (TPSA) is 81.5 Å². The number of pyridine rings is 1. The second-order valence-electron chi connectivity index (χ2n) is 6.46. The lowest BCUT2D eigenvalue weighted by Gasteiger charge is -2.35. The number of amides is 1. The third-order valence-corrected chi connectivity index (χ3v) is 4.90. The zero-order valence-electron chi connectivity index (χ0n) is 15.7. The Bertz CT molecular complexity index is 875. The minimum absolute atomic E-state index is 0.0838. The molecule has 0 atom stereocenters. The molecule has 3 rings (SSSR count). The Kier molecular flexibility index (Phi) is 6.69. The van der Waals surface area contributed by atoms with E-state index in [0.29, 0.717) is 35.0 Å². The molecular formula is C20H22ClN5O2. The van der Waals surface area contributed by atoms with Gasteiger partial charge in [-0.25, -0.2) is 4.98 Å². The third-order valence-electron chi connectivity index (χ3n) is 4.67. The highest BCUT2D eigenvalue weighted by molar-refractivity contribution is 6.31. The van der Waals surface area contributed by atoms with Crippen molar-refractivity contribution in [2.45, 2.75) is 6.42 Å². The summed E-state index contributed by atoms with van der Waals surface area (Å²) < 4.78 is 5.25. The molecular weight excluding hydrogens is 378 g/mol. The highest BCUT2D eigenvalue weighted by Gasteiger charge is 2.20. The summed E-state index contributed by atoms with van der Waals surface area (Å²) in [5, 5.41) is 12.6. The van der Waals surface area contributed by atoms with Gasteiger partial charge in [0.15, 0.2) is 0 Å². The zero-order chi connectivity index (χ0) is 19.9. The summed E-state index contributed by atoms with van der Waals surface area (Å²) in [4.78, 5) is 21.0. The number of nitrogens with one attached hydrogen (secondary N) is 1. The number of methoxy groups -OCH3 is 1. The fourth-order valence-corrected chi connectivity index (χ4v) is 3.34. The number of aromatic nitrogens is 1. The molecule has 0 spiro atoms. The summed E-state index contributed by atoms with van der Waals surface area (Å²) in [6.45, 7) is 3.84. The normalized spacial score (nSPS) is 14.4. The maximum Gasteiger partial charge on any atom is 0.225 e. The maximum absolute atomic E-state index is 12.3. The molecule has 2 heterocycles. The molecule has 1 N–H and O–H groups in total. The van der Waals surface area contributed by atoms with Crippen molar-refractivity contribution >= 4 is 29.0 Å². The molecule has 0 bridgehead atoms. The molecule has 1 aliphatic rings. The van der Waals surface area contributed by atoms with E-state index < -0.39 is 0 Å². The van der Waals surface area contributed by atoms with Gasteiger partial charge in [0.1, 0.15) is 17.6 Å². The van der Waals surface area contributed by atoms with Gasteiger partial charge >= 0.3 is 0 Å². The first-order valence-electron chi connectivity index (χ1n) is 9.06. The van der Waals surface area contributed by atoms with E-state index in [1.165, 1.54) is 0 Å². The predicted octanol–water partition coefficient (Wildman–Crippen LogP) is 2.77. The van der Waals surface area contributed by atoms with Gasteiger partial charge in [0.2, 0.25) is 5.91 Å². The van der Waals surface area contributed by atoms with Crippen molar-refractivity contribution in [1.29, 1.82) is 5.26 Å². The molecule has 1 fully saturated rings. The number of anilines is 2. The minimum atomic E-state index is -0.0838. The first-order valence-corrected chi connectivity index (χ1v) is 9.44. The molecule has 1 aromatic carbocycles. The van der Waals surface area contributed by atoms with Crippen molar-refractivity contribution in [3.63, 3.8) is 0 Å². The van der Waals surface area contributed by atoms with Gasteiger partial charge in [-0.3, -0.25) is 9.69 Å². The highest BCUT2D eigenvalue weighted by Crippen LogP contribution is 2.27. The molecule has 146 valence electrons. The summed E-state index contributed by atoms with van der Waals surface area (Å²) in [7, 11) is 1.55. The number of carbonyl (C=O) groups excluding carboxylic acids is 1. The Labute approximate surface area is 169 Å². The van der Waals surface area contributed by atoms with Crippen molar-refractivity contribution in [2.24, 2.45) is 0 Å². The lowest BCUT2D eigenvalue weighted by atomic mass is 10.2. The number of halogens is 1. The van der Waals surface area contributed by atoms with Crippen LogP contribution in [0.2, 0.25) is 5.02 Å². The molecule has 0 saturated carbocycles. The molecule has 1 aliphatic heterocycles. The van der Waals surface area contributed by atoms with Gasteiger partial charge in [0, 0.05) is 50.4 Å². The average molecular weight is 400 g/mol. The number of ether oxygens (including phenoxy) is 1. The lowest BCUT2D eigenvalue weighted by molar-refractivity contribution is -0.116. The van der Waals surface area contributed by atoms with E-state index in [1.807, 2.05) is 0 Å². The number of nitriles is 1. The van der Waals surface area contributed by atoms with Crippen molar-refractivity contribution < 1.29 is 9.53 Å². The van der Waals surface area contributed by atoms with E-state index in [9.17, 15) is 10.1 Å². The van der Waals surface area contributed by atoms with Crippen LogP contribution >= 0.6 is 11.6 Å². The number of benzene rings is 1. The fourth-order valence-electron chi connectivity index (χ4n) is 3.17. The standard InChI is InChI=1S/C20H22ClN5O2/c1-28-18-5-4-16(21)13-17(18)24-19(27)6-8-25-9-11-26(12-10-25)20-15(14-22)3-2-7-23-20/h2-5,7,13H,6,8-12H2,1H3,(H,24,27). The predicted molar refractivity (Wildman–Crippen MR) is 109 cm³/mol. The van der Waals surface area contributed by atoms with E-state index in [0.717, 1.165) is 32.0 Å². The van der Waals surface area contributed by atoms with Crippen LogP contribution in [0.4, 0.5) is 11.5 Å². The molecule has 1 saturated heterocycles. The summed E-state index contributed by atoms with van der Waals surface area (Å²) in [5.41, 5.74) is 1.16. The Balaban J connectivity index is 1.49. The van der Waals surface area contributed by atoms with Crippen LogP contribution in [0.5, 0.6) is 5.75 Å². The van der Waals surface area contributed by atoms with E-state index in [4.69, 9.17) is 16.3 Å². The molecule has 0 unspecified atom stereocenters. The lowest BCUT2D eigenvalue weighted by Crippen LogP contribution is -2.47. The second-order valence-corrected chi connectivity index (χ2v) is 6.89. The monoisotopic (exact) mass is 399 g/mol. The van der Waals surface area contributed by atoms with Crippen LogP contribution < -0.4 is 15.0 Å². The Morgan fingerprint density at radius 2 is 2.11 bits per heavy atom. The number of carbonyl (C=O) groups is 1. The van der Waals surface area contributed by atoms with Crippen LogP contribution in [0.25, 0.3) is 0 Å². The number of piperazine rings is 1. The summed E-state index contributed by atoms with van der Waals surface area (Å²) in [6.07, 6.45) is 2.08. The average Bonchev–Trinajstić information content (AvgIpc) is 2.73. The number of rotatable bonds is 6. The Morgan fingerprint density at radius 1 is 1.32 bits per heavy atom. The second kappa shape index (κ2) is 9.40. The van der Waals surface area contributed by atoms with Crippen molar-refractivity contribution in [2.75, 3.05) is 50.1 Å². The maximum atomic E-state index is 12.3.